The number of aromatic nitrogens is 2. The van der Waals surface area contributed by atoms with Crippen molar-refractivity contribution >= 4 is 17.8 Å². The lowest BCUT2D eigenvalue weighted by Crippen LogP contribution is -2.41. The number of carbonyl (C=O) groups is 3. The number of ether oxygens (including phenoxy) is 2. The van der Waals surface area contributed by atoms with Crippen molar-refractivity contribution in [3.8, 4) is 0 Å². The largest absolute Gasteiger partial charge is 0.462 e. The first-order valence-corrected chi connectivity index (χ1v) is 13.2. The average molecular weight is 511 g/mol. The van der Waals surface area contributed by atoms with Crippen LogP contribution in [0.15, 0.2) is 24.3 Å². The number of nitrogens with zero attached hydrogens (tertiary/aromatic N) is 2. The van der Waals surface area contributed by atoms with Crippen LogP contribution >= 0.6 is 0 Å². The summed E-state index contributed by atoms with van der Waals surface area (Å²) in [6.07, 6.45) is 3.25. The first-order chi connectivity index (χ1) is 17.7. The summed E-state index contributed by atoms with van der Waals surface area (Å²) in [4.78, 5) is 38.0. The number of amides is 2. The van der Waals surface area contributed by atoms with Crippen LogP contribution in [0.2, 0.25) is 0 Å². The fourth-order valence-corrected chi connectivity index (χ4v) is 5.11. The molecule has 200 valence electrons. The summed E-state index contributed by atoms with van der Waals surface area (Å²) in [5, 5.41) is 10.8. The predicted molar refractivity (Wildman–Crippen MR) is 139 cm³/mol. The van der Waals surface area contributed by atoms with Crippen LogP contribution in [-0.4, -0.2) is 60.0 Å². The fraction of sp³-hybridized carbons (Fsp3) is 0.571. The van der Waals surface area contributed by atoms with Gasteiger partial charge in [-0.05, 0) is 63.1 Å². The van der Waals surface area contributed by atoms with Gasteiger partial charge in [-0.15, -0.1) is 0 Å². The predicted octanol–water partition coefficient (Wildman–Crippen LogP) is 3.16. The SMILES string of the molecule is CCc1nn(C[C@@H](C)COC(=O)c2cccc(C(=O)NC(C)C)c2)c2c1C(=O)NCC1(CCOCC1)C2. The molecule has 2 aromatic rings. The lowest BCUT2D eigenvalue weighted by molar-refractivity contribution is 0.0151. The number of benzene rings is 1. The van der Waals surface area contributed by atoms with E-state index in [1.54, 1.807) is 24.3 Å². The summed E-state index contributed by atoms with van der Waals surface area (Å²) >= 11 is 0. The Morgan fingerprint density at radius 2 is 1.95 bits per heavy atom. The molecular formula is C28H38N4O5. The summed E-state index contributed by atoms with van der Waals surface area (Å²) in [7, 11) is 0. The number of nitrogens with one attached hydrogen (secondary N) is 2. The van der Waals surface area contributed by atoms with E-state index in [2.05, 4.69) is 10.6 Å². The van der Waals surface area contributed by atoms with E-state index in [9.17, 15) is 14.4 Å². The van der Waals surface area contributed by atoms with Crippen LogP contribution in [0, 0.1) is 11.3 Å². The van der Waals surface area contributed by atoms with Gasteiger partial charge in [0.25, 0.3) is 11.8 Å². The molecule has 1 aromatic heterocycles. The van der Waals surface area contributed by atoms with Crippen LogP contribution in [0.5, 0.6) is 0 Å². The Labute approximate surface area is 218 Å². The molecule has 37 heavy (non-hydrogen) atoms. The number of carbonyl (C=O) groups excluding carboxylic acids is 3. The average Bonchev–Trinajstić information content (AvgIpc) is 3.15. The topological polar surface area (TPSA) is 112 Å². The van der Waals surface area contributed by atoms with Crippen LogP contribution in [-0.2, 0) is 28.9 Å². The van der Waals surface area contributed by atoms with Crippen molar-refractivity contribution in [2.24, 2.45) is 11.3 Å². The van der Waals surface area contributed by atoms with Gasteiger partial charge in [-0.2, -0.15) is 5.10 Å². The summed E-state index contributed by atoms with van der Waals surface area (Å²) in [5.74, 6) is -0.778. The van der Waals surface area contributed by atoms with Crippen LogP contribution in [0.25, 0.3) is 0 Å². The molecule has 2 aliphatic heterocycles. The number of hydrogen-bond acceptors (Lipinski definition) is 6. The highest BCUT2D eigenvalue weighted by atomic mass is 16.5. The van der Waals surface area contributed by atoms with Gasteiger partial charge in [-0.3, -0.25) is 14.3 Å². The quantitative estimate of drug-likeness (QED) is 0.528. The van der Waals surface area contributed by atoms with Crippen LogP contribution in [0.1, 0.15) is 83.0 Å². The molecule has 9 heteroatoms. The number of aryl methyl sites for hydroxylation is 1. The molecule has 9 nitrogen and oxygen atoms in total. The molecule has 2 aliphatic rings. The van der Waals surface area contributed by atoms with Crippen molar-refractivity contribution in [2.75, 3.05) is 26.4 Å². The molecule has 0 radical (unpaired) electrons. The maximum absolute atomic E-state index is 13.0. The van der Waals surface area contributed by atoms with Gasteiger partial charge in [0, 0.05) is 43.8 Å². The molecule has 0 unspecified atom stereocenters. The van der Waals surface area contributed by atoms with Crippen molar-refractivity contribution in [3.05, 3.63) is 52.3 Å². The van der Waals surface area contributed by atoms with Gasteiger partial charge in [0.15, 0.2) is 0 Å². The van der Waals surface area contributed by atoms with Crippen molar-refractivity contribution < 1.29 is 23.9 Å². The molecule has 1 saturated heterocycles. The van der Waals surface area contributed by atoms with E-state index in [4.69, 9.17) is 14.6 Å². The van der Waals surface area contributed by atoms with E-state index >= 15 is 0 Å². The smallest absolute Gasteiger partial charge is 0.338 e. The highest BCUT2D eigenvalue weighted by molar-refractivity contribution is 5.98. The lowest BCUT2D eigenvalue weighted by Gasteiger charge is -2.36. The first kappa shape index (κ1) is 26.9. The van der Waals surface area contributed by atoms with Gasteiger partial charge in [-0.1, -0.05) is 19.9 Å². The Balaban J connectivity index is 1.45. The third-order valence-electron chi connectivity index (χ3n) is 7.18. The van der Waals surface area contributed by atoms with Crippen molar-refractivity contribution in [3.63, 3.8) is 0 Å². The van der Waals surface area contributed by atoms with E-state index in [1.807, 2.05) is 32.4 Å². The second-order valence-corrected chi connectivity index (χ2v) is 10.7. The second kappa shape index (κ2) is 11.5. The normalized spacial score (nSPS) is 17.6. The van der Waals surface area contributed by atoms with Gasteiger partial charge in [0.05, 0.1) is 29.1 Å². The summed E-state index contributed by atoms with van der Waals surface area (Å²) < 4.78 is 13.1. The number of hydrogen-bond donors (Lipinski definition) is 2. The van der Waals surface area contributed by atoms with Crippen molar-refractivity contribution in [1.82, 2.24) is 20.4 Å². The molecule has 0 bridgehead atoms. The zero-order valence-electron chi connectivity index (χ0n) is 22.3. The summed E-state index contributed by atoms with van der Waals surface area (Å²) in [6, 6.07) is 6.55. The number of esters is 1. The molecule has 2 N–H and O–H groups in total. The zero-order chi connectivity index (χ0) is 26.6. The molecule has 2 amide bonds. The number of rotatable bonds is 8. The Kier molecular flexibility index (Phi) is 8.32. The van der Waals surface area contributed by atoms with Gasteiger partial charge in [0.1, 0.15) is 0 Å². The van der Waals surface area contributed by atoms with E-state index in [0.717, 1.165) is 30.7 Å². The maximum atomic E-state index is 13.0. The molecule has 0 saturated carbocycles. The third kappa shape index (κ3) is 6.21. The van der Waals surface area contributed by atoms with E-state index < -0.39 is 5.97 Å². The zero-order valence-corrected chi connectivity index (χ0v) is 22.3. The summed E-state index contributed by atoms with van der Waals surface area (Å²) in [6.45, 7) is 10.6. The molecule has 4 rings (SSSR count). The minimum absolute atomic E-state index is 0.00178. The van der Waals surface area contributed by atoms with Crippen LogP contribution in [0.3, 0.4) is 0 Å². The van der Waals surface area contributed by atoms with E-state index in [-0.39, 0.29) is 35.8 Å². The molecule has 0 aliphatic carbocycles. The molecule has 1 spiro atoms. The van der Waals surface area contributed by atoms with Gasteiger partial charge < -0.3 is 20.1 Å². The van der Waals surface area contributed by atoms with Gasteiger partial charge in [-0.25, -0.2) is 4.79 Å². The van der Waals surface area contributed by atoms with Gasteiger partial charge >= 0.3 is 5.97 Å². The fourth-order valence-electron chi connectivity index (χ4n) is 5.11. The lowest BCUT2D eigenvalue weighted by atomic mass is 9.76. The molecule has 3 heterocycles. The minimum Gasteiger partial charge on any atom is -0.462 e. The Morgan fingerprint density at radius 1 is 1.22 bits per heavy atom. The molecule has 1 fully saturated rings. The highest BCUT2D eigenvalue weighted by Crippen LogP contribution is 2.37. The third-order valence-corrected chi connectivity index (χ3v) is 7.18. The summed E-state index contributed by atoms with van der Waals surface area (Å²) in [5.41, 5.74) is 3.20. The second-order valence-electron chi connectivity index (χ2n) is 10.7. The Bertz CT molecular complexity index is 1150. The highest BCUT2D eigenvalue weighted by Gasteiger charge is 2.39. The first-order valence-electron chi connectivity index (χ1n) is 13.2. The standard InChI is InChI=1S/C28H38N4O5/c1-5-22-24-23(14-28(17-29-26(24)34)9-11-36-12-10-28)32(31-22)15-19(4)16-37-27(35)21-8-6-7-20(13-21)25(33)30-18(2)3/h6-8,13,18-19H,5,9-12,14-17H2,1-4H3,(H,29,34)(H,30,33)/t19-/m1/s1. The number of fused-ring (bicyclic) bond motifs is 1. The van der Waals surface area contributed by atoms with Crippen molar-refractivity contribution in [1.29, 1.82) is 0 Å². The van der Waals surface area contributed by atoms with Crippen LogP contribution in [0.4, 0.5) is 0 Å². The Hall–Kier alpha value is -3.20. The van der Waals surface area contributed by atoms with E-state index in [0.29, 0.717) is 49.4 Å². The van der Waals surface area contributed by atoms with Crippen LogP contribution < -0.4 is 10.6 Å². The molecule has 1 aromatic carbocycles. The monoisotopic (exact) mass is 510 g/mol. The molecular weight excluding hydrogens is 472 g/mol. The van der Waals surface area contributed by atoms with E-state index in [1.165, 1.54) is 0 Å². The molecule has 1 atom stereocenters. The Morgan fingerprint density at radius 3 is 2.65 bits per heavy atom. The maximum Gasteiger partial charge on any atom is 0.338 e. The minimum atomic E-state index is -0.472. The van der Waals surface area contributed by atoms with Gasteiger partial charge in [0.2, 0.25) is 0 Å². The van der Waals surface area contributed by atoms with Crippen molar-refractivity contribution in [2.45, 2.75) is 66.0 Å².